The van der Waals surface area contributed by atoms with E-state index < -0.39 is 5.91 Å². The third-order valence-corrected chi connectivity index (χ3v) is 4.54. The van der Waals surface area contributed by atoms with Gasteiger partial charge in [0, 0.05) is 17.6 Å². The van der Waals surface area contributed by atoms with Gasteiger partial charge in [-0.3, -0.25) is 4.79 Å². The van der Waals surface area contributed by atoms with Crippen molar-refractivity contribution in [1.29, 1.82) is 0 Å². The molecule has 2 rings (SSSR count). The molecule has 0 aliphatic carbocycles. The van der Waals surface area contributed by atoms with Crippen LogP contribution in [0.1, 0.15) is 29.3 Å². The number of nitrogens with two attached hydrogens (primary N) is 1. The number of benzene rings is 1. The molecule has 2 aromatic rings. The number of ether oxygens (including phenoxy) is 1. The van der Waals surface area contributed by atoms with E-state index in [-0.39, 0.29) is 6.61 Å². The third-order valence-electron chi connectivity index (χ3n) is 3.40. The lowest BCUT2D eigenvalue weighted by Gasteiger charge is -2.10. The molecule has 8 heteroatoms. The van der Waals surface area contributed by atoms with Crippen molar-refractivity contribution in [3.8, 4) is 5.75 Å². The van der Waals surface area contributed by atoms with E-state index in [4.69, 9.17) is 10.5 Å². The molecule has 0 radical (unpaired) electrons. The first-order valence-electron chi connectivity index (χ1n) is 8.56. The van der Waals surface area contributed by atoms with Gasteiger partial charge in [0.1, 0.15) is 10.8 Å². The van der Waals surface area contributed by atoms with Gasteiger partial charge >= 0.3 is 0 Å². The summed E-state index contributed by atoms with van der Waals surface area (Å²) in [7, 11) is 0. The second-order valence-electron chi connectivity index (χ2n) is 5.52. The molecular weight excluding hydrogens is 350 g/mol. The molecule has 1 aromatic carbocycles. The maximum Gasteiger partial charge on any atom is 0.255 e. The minimum absolute atomic E-state index is 0.134. The Hall–Kier alpha value is -2.61. The van der Waals surface area contributed by atoms with Crippen LogP contribution in [-0.4, -0.2) is 30.0 Å². The number of guanidine groups is 1. The van der Waals surface area contributed by atoms with Crippen LogP contribution >= 0.6 is 11.3 Å². The Balaban J connectivity index is 1.95. The largest absolute Gasteiger partial charge is 0.484 e. The fourth-order valence-corrected chi connectivity index (χ4v) is 2.95. The number of nitrogens with one attached hydrogen (secondary N) is 2. The molecule has 0 saturated carbocycles. The van der Waals surface area contributed by atoms with E-state index in [1.54, 1.807) is 17.4 Å². The molecule has 7 nitrogen and oxygen atoms in total. The van der Waals surface area contributed by atoms with Gasteiger partial charge in [-0.2, -0.15) is 0 Å². The van der Waals surface area contributed by atoms with Crippen molar-refractivity contribution in [2.75, 3.05) is 13.2 Å². The van der Waals surface area contributed by atoms with Crippen LogP contribution in [0.15, 0.2) is 35.5 Å². The Labute approximate surface area is 157 Å². The van der Waals surface area contributed by atoms with Gasteiger partial charge in [-0.15, -0.1) is 11.3 Å². The van der Waals surface area contributed by atoms with Crippen LogP contribution < -0.4 is 21.1 Å². The van der Waals surface area contributed by atoms with Crippen LogP contribution in [-0.2, 0) is 24.3 Å². The average molecular weight is 375 g/mol. The smallest absolute Gasteiger partial charge is 0.255 e. The molecule has 1 amide bonds. The zero-order valence-corrected chi connectivity index (χ0v) is 15.9. The summed E-state index contributed by atoms with van der Waals surface area (Å²) in [6.45, 7) is 5.90. The van der Waals surface area contributed by atoms with Crippen molar-refractivity contribution < 1.29 is 9.53 Å². The average Bonchev–Trinajstić information content (AvgIpc) is 3.11. The van der Waals surface area contributed by atoms with Crippen molar-refractivity contribution >= 4 is 23.2 Å². The Kier molecular flexibility index (Phi) is 7.88. The van der Waals surface area contributed by atoms with E-state index in [1.165, 1.54) is 4.88 Å². The normalized spacial score (nSPS) is 11.2. The molecule has 1 heterocycles. The van der Waals surface area contributed by atoms with Crippen LogP contribution in [0.5, 0.6) is 5.75 Å². The molecule has 0 unspecified atom stereocenters. The highest BCUT2D eigenvalue weighted by Gasteiger charge is 2.04. The summed E-state index contributed by atoms with van der Waals surface area (Å²) in [5.74, 6) is 0.828. The van der Waals surface area contributed by atoms with Crippen LogP contribution in [0.25, 0.3) is 0 Å². The Morgan fingerprint density at radius 1 is 1.35 bits per heavy atom. The van der Waals surface area contributed by atoms with Crippen LogP contribution in [0.4, 0.5) is 0 Å². The molecule has 0 bridgehead atoms. The van der Waals surface area contributed by atoms with Crippen molar-refractivity contribution in [3.05, 3.63) is 45.9 Å². The molecular formula is C18H25N5O2S. The molecule has 4 N–H and O–H groups in total. The lowest BCUT2D eigenvalue weighted by molar-refractivity contribution is -0.119. The highest BCUT2D eigenvalue weighted by Crippen LogP contribution is 2.14. The van der Waals surface area contributed by atoms with E-state index in [9.17, 15) is 4.79 Å². The molecule has 0 spiro atoms. The van der Waals surface area contributed by atoms with Crippen LogP contribution in [0.2, 0.25) is 0 Å². The van der Waals surface area contributed by atoms with E-state index in [1.807, 2.05) is 31.3 Å². The Morgan fingerprint density at radius 2 is 2.19 bits per heavy atom. The number of aliphatic imine (C=N–C) groups is 1. The first-order chi connectivity index (χ1) is 12.6. The summed E-state index contributed by atoms with van der Waals surface area (Å²) in [6.07, 6.45) is 2.92. The predicted octanol–water partition coefficient (Wildman–Crippen LogP) is 1.82. The van der Waals surface area contributed by atoms with Crippen molar-refractivity contribution in [2.45, 2.75) is 33.4 Å². The van der Waals surface area contributed by atoms with Crippen LogP contribution in [0, 0.1) is 0 Å². The van der Waals surface area contributed by atoms with Gasteiger partial charge in [0.25, 0.3) is 5.91 Å². The summed E-state index contributed by atoms with van der Waals surface area (Å²) in [4.78, 5) is 21.1. The number of carbonyl (C=O) groups excluding carboxylic acids is 1. The van der Waals surface area contributed by atoms with Gasteiger partial charge in [-0.05, 0) is 31.0 Å². The minimum Gasteiger partial charge on any atom is -0.484 e. The van der Waals surface area contributed by atoms with Crippen molar-refractivity contribution in [1.82, 2.24) is 15.6 Å². The summed E-state index contributed by atoms with van der Waals surface area (Å²) < 4.78 is 5.32. The van der Waals surface area contributed by atoms with E-state index in [0.29, 0.717) is 18.8 Å². The SMILES string of the molecule is CCNC(=NCc1cccc(OCC(N)=O)c1)NCc1ncc(CC)s1. The number of hydrogen-bond acceptors (Lipinski definition) is 5. The van der Waals surface area contributed by atoms with Gasteiger partial charge in [0.2, 0.25) is 0 Å². The summed E-state index contributed by atoms with van der Waals surface area (Å²) in [5, 5.41) is 7.55. The maximum atomic E-state index is 10.8. The molecule has 1 aromatic heterocycles. The van der Waals surface area contributed by atoms with Gasteiger partial charge in [-0.25, -0.2) is 9.98 Å². The number of aryl methyl sites for hydroxylation is 1. The molecule has 0 saturated heterocycles. The van der Waals surface area contributed by atoms with Crippen molar-refractivity contribution in [3.63, 3.8) is 0 Å². The highest BCUT2D eigenvalue weighted by molar-refractivity contribution is 7.11. The standard InChI is InChI=1S/C18H25N5O2S/c1-3-15-10-21-17(26-15)11-23-18(20-4-2)22-9-13-6-5-7-14(8-13)25-12-16(19)24/h5-8,10H,3-4,9,11-12H2,1-2H3,(H2,19,24)(H2,20,22,23). The fourth-order valence-electron chi connectivity index (χ4n) is 2.15. The molecule has 26 heavy (non-hydrogen) atoms. The molecule has 0 atom stereocenters. The second-order valence-corrected chi connectivity index (χ2v) is 6.72. The maximum absolute atomic E-state index is 10.8. The van der Waals surface area contributed by atoms with E-state index in [0.717, 1.165) is 29.5 Å². The van der Waals surface area contributed by atoms with Crippen LogP contribution in [0.3, 0.4) is 0 Å². The molecule has 0 fully saturated rings. The summed E-state index contributed by atoms with van der Waals surface area (Å²) >= 11 is 1.71. The number of aromatic nitrogens is 1. The van der Waals surface area contributed by atoms with Gasteiger partial charge in [0.05, 0.1) is 13.1 Å². The molecule has 140 valence electrons. The number of nitrogens with zero attached hydrogens (tertiary/aromatic N) is 2. The van der Waals surface area contributed by atoms with Crippen molar-refractivity contribution in [2.24, 2.45) is 10.7 Å². The van der Waals surface area contributed by atoms with Gasteiger partial charge in [0.15, 0.2) is 12.6 Å². The first-order valence-corrected chi connectivity index (χ1v) is 9.38. The number of rotatable bonds is 9. The van der Waals surface area contributed by atoms with E-state index in [2.05, 4.69) is 27.5 Å². The number of primary amides is 1. The minimum atomic E-state index is -0.500. The predicted molar refractivity (Wildman–Crippen MR) is 104 cm³/mol. The number of amides is 1. The molecule has 0 aliphatic heterocycles. The monoisotopic (exact) mass is 375 g/mol. The molecule has 0 aliphatic rings. The Morgan fingerprint density at radius 3 is 2.88 bits per heavy atom. The lowest BCUT2D eigenvalue weighted by atomic mass is 10.2. The second kappa shape index (κ2) is 10.4. The first kappa shape index (κ1) is 19.7. The quantitative estimate of drug-likeness (QED) is 0.458. The number of hydrogen-bond donors (Lipinski definition) is 3. The van der Waals surface area contributed by atoms with E-state index >= 15 is 0 Å². The summed E-state index contributed by atoms with van der Waals surface area (Å²) in [6, 6.07) is 7.46. The third kappa shape index (κ3) is 6.72. The Bertz CT molecular complexity index is 745. The zero-order valence-electron chi connectivity index (χ0n) is 15.1. The lowest BCUT2D eigenvalue weighted by Crippen LogP contribution is -2.36. The summed E-state index contributed by atoms with van der Waals surface area (Å²) in [5.41, 5.74) is 6.07. The number of thiazole rings is 1. The van der Waals surface area contributed by atoms with Gasteiger partial charge in [-0.1, -0.05) is 19.1 Å². The fraction of sp³-hybridized carbons (Fsp3) is 0.389. The highest BCUT2D eigenvalue weighted by atomic mass is 32.1. The topological polar surface area (TPSA) is 102 Å². The van der Waals surface area contributed by atoms with Gasteiger partial charge < -0.3 is 21.1 Å². The number of carbonyl (C=O) groups is 1. The zero-order chi connectivity index (χ0) is 18.8.